The molecule has 2 nitrogen and oxygen atoms in total. The third kappa shape index (κ3) is 3.61. The molecular formula is C15H20ClNO. The number of carbonyl (C=O) groups excluding carboxylic acids is 1. The Labute approximate surface area is 114 Å². The number of halogens is 1. The fourth-order valence-electron chi connectivity index (χ4n) is 2.06. The minimum atomic E-state index is 0.138. The fourth-order valence-corrected chi connectivity index (χ4v) is 2.17. The standard InChI is InChI=1S/C13H16ClNO.C2H4/c1-10-9-11(5-6-12(10)14)13(16)15-7-3-2-4-8-15;1-2/h5-6,9H,2-4,7-8H2,1H3;1-2H2. The van der Waals surface area contributed by atoms with E-state index in [1.54, 1.807) is 6.07 Å². The van der Waals surface area contributed by atoms with E-state index in [1.807, 2.05) is 24.0 Å². The Morgan fingerprint density at radius 1 is 1.22 bits per heavy atom. The van der Waals surface area contributed by atoms with Crippen LogP contribution >= 0.6 is 11.6 Å². The lowest BCUT2D eigenvalue weighted by Crippen LogP contribution is -2.35. The highest BCUT2D eigenvalue weighted by atomic mass is 35.5. The largest absolute Gasteiger partial charge is 0.339 e. The van der Waals surface area contributed by atoms with Crippen LogP contribution in [-0.2, 0) is 0 Å². The van der Waals surface area contributed by atoms with Crippen molar-refractivity contribution in [2.75, 3.05) is 13.1 Å². The van der Waals surface area contributed by atoms with Gasteiger partial charge in [-0.2, -0.15) is 0 Å². The Morgan fingerprint density at radius 3 is 2.39 bits per heavy atom. The van der Waals surface area contributed by atoms with E-state index in [-0.39, 0.29) is 5.91 Å². The van der Waals surface area contributed by atoms with Crippen LogP contribution in [0, 0.1) is 6.92 Å². The quantitative estimate of drug-likeness (QED) is 0.701. The Kier molecular flexibility index (Phi) is 5.93. The molecule has 0 saturated carbocycles. The van der Waals surface area contributed by atoms with Crippen LogP contribution in [0.1, 0.15) is 35.2 Å². The maximum atomic E-state index is 12.1. The molecular weight excluding hydrogens is 246 g/mol. The van der Waals surface area contributed by atoms with Crippen LogP contribution in [0.25, 0.3) is 0 Å². The van der Waals surface area contributed by atoms with Gasteiger partial charge in [-0.1, -0.05) is 11.6 Å². The van der Waals surface area contributed by atoms with E-state index in [1.165, 1.54) is 6.42 Å². The highest BCUT2D eigenvalue weighted by molar-refractivity contribution is 6.31. The summed E-state index contributed by atoms with van der Waals surface area (Å²) in [5.74, 6) is 0.138. The van der Waals surface area contributed by atoms with Crippen molar-refractivity contribution in [2.24, 2.45) is 0 Å². The van der Waals surface area contributed by atoms with Crippen LogP contribution in [0.5, 0.6) is 0 Å². The summed E-state index contributed by atoms with van der Waals surface area (Å²) in [6.07, 6.45) is 3.49. The lowest BCUT2D eigenvalue weighted by atomic mass is 10.1. The van der Waals surface area contributed by atoms with E-state index in [0.29, 0.717) is 0 Å². The maximum absolute atomic E-state index is 12.1. The van der Waals surface area contributed by atoms with Crippen LogP contribution in [0.3, 0.4) is 0 Å². The molecule has 0 N–H and O–H groups in total. The van der Waals surface area contributed by atoms with Gasteiger partial charge in [0.05, 0.1) is 0 Å². The molecule has 0 atom stereocenters. The minimum absolute atomic E-state index is 0.138. The maximum Gasteiger partial charge on any atom is 0.253 e. The van der Waals surface area contributed by atoms with E-state index in [9.17, 15) is 4.79 Å². The minimum Gasteiger partial charge on any atom is -0.339 e. The first kappa shape index (κ1) is 14.8. The molecule has 1 saturated heterocycles. The van der Waals surface area contributed by atoms with E-state index in [2.05, 4.69) is 13.2 Å². The fraction of sp³-hybridized carbons (Fsp3) is 0.400. The van der Waals surface area contributed by atoms with Crippen molar-refractivity contribution >= 4 is 17.5 Å². The zero-order valence-corrected chi connectivity index (χ0v) is 11.7. The number of likely N-dealkylation sites (tertiary alicyclic amines) is 1. The van der Waals surface area contributed by atoms with Gasteiger partial charge in [0.1, 0.15) is 0 Å². The molecule has 0 unspecified atom stereocenters. The first-order valence-electron chi connectivity index (χ1n) is 6.24. The van der Waals surface area contributed by atoms with Crippen molar-refractivity contribution in [3.05, 3.63) is 47.5 Å². The van der Waals surface area contributed by atoms with Gasteiger partial charge in [-0.25, -0.2) is 0 Å². The summed E-state index contributed by atoms with van der Waals surface area (Å²) in [6, 6.07) is 5.49. The van der Waals surface area contributed by atoms with Gasteiger partial charge >= 0.3 is 0 Å². The summed E-state index contributed by atoms with van der Waals surface area (Å²) in [5, 5.41) is 0.718. The number of hydrogen-bond donors (Lipinski definition) is 0. The summed E-state index contributed by atoms with van der Waals surface area (Å²) >= 11 is 5.95. The molecule has 0 bridgehead atoms. The van der Waals surface area contributed by atoms with Crippen molar-refractivity contribution in [3.63, 3.8) is 0 Å². The van der Waals surface area contributed by atoms with E-state index < -0.39 is 0 Å². The van der Waals surface area contributed by atoms with Gasteiger partial charge in [0.25, 0.3) is 5.91 Å². The molecule has 98 valence electrons. The first-order valence-corrected chi connectivity index (χ1v) is 6.62. The number of piperidine rings is 1. The van der Waals surface area contributed by atoms with Gasteiger partial charge in [-0.15, -0.1) is 13.2 Å². The van der Waals surface area contributed by atoms with E-state index >= 15 is 0 Å². The highest BCUT2D eigenvalue weighted by Gasteiger charge is 2.18. The van der Waals surface area contributed by atoms with Crippen LogP contribution in [0.15, 0.2) is 31.4 Å². The molecule has 2 rings (SSSR count). The monoisotopic (exact) mass is 265 g/mol. The molecule has 1 aromatic rings. The van der Waals surface area contributed by atoms with Crippen molar-refractivity contribution < 1.29 is 4.79 Å². The van der Waals surface area contributed by atoms with Crippen molar-refractivity contribution in [1.29, 1.82) is 0 Å². The number of aryl methyl sites for hydroxylation is 1. The summed E-state index contributed by atoms with van der Waals surface area (Å²) in [6.45, 7) is 9.70. The van der Waals surface area contributed by atoms with Crippen LogP contribution in [0.2, 0.25) is 5.02 Å². The van der Waals surface area contributed by atoms with Gasteiger partial charge in [0.15, 0.2) is 0 Å². The summed E-state index contributed by atoms with van der Waals surface area (Å²) in [7, 11) is 0. The van der Waals surface area contributed by atoms with Gasteiger partial charge in [0.2, 0.25) is 0 Å². The molecule has 1 aliphatic heterocycles. The van der Waals surface area contributed by atoms with Crippen molar-refractivity contribution in [1.82, 2.24) is 4.90 Å². The predicted octanol–water partition coefficient (Wildman–Crippen LogP) is 4.08. The molecule has 1 aromatic carbocycles. The lowest BCUT2D eigenvalue weighted by molar-refractivity contribution is 0.0724. The molecule has 0 radical (unpaired) electrons. The van der Waals surface area contributed by atoms with Gasteiger partial charge in [0, 0.05) is 23.7 Å². The van der Waals surface area contributed by atoms with Gasteiger partial charge < -0.3 is 4.90 Å². The summed E-state index contributed by atoms with van der Waals surface area (Å²) < 4.78 is 0. The third-order valence-electron chi connectivity index (χ3n) is 3.05. The summed E-state index contributed by atoms with van der Waals surface area (Å²) in [5.41, 5.74) is 1.72. The molecule has 1 heterocycles. The van der Waals surface area contributed by atoms with Crippen molar-refractivity contribution in [2.45, 2.75) is 26.2 Å². The summed E-state index contributed by atoms with van der Waals surface area (Å²) in [4.78, 5) is 14.1. The van der Waals surface area contributed by atoms with Gasteiger partial charge in [-0.3, -0.25) is 4.79 Å². The first-order chi connectivity index (χ1) is 8.68. The van der Waals surface area contributed by atoms with Crippen LogP contribution in [0.4, 0.5) is 0 Å². The number of carbonyl (C=O) groups is 1. The Balaban J connectivity index is 0.000000771. The van der Waals surface area contributed by atoms with Crippen LogP contribution in [-0.4, -0.2) is 23.9 Å². The Bertz CT molecular complexity index is 411. The molecule has 18 heavy (non-hydrogen) atoms. The molecule has 0 aliphatic carbocycles. The van der Waals surface area contributed by atoms with Crippen molar-refractivity contribution in [3.8, 4) is 0 Å². The number of benzene rings is 1. The number of nitrogens with zero attached hydrogens (tertiary/aromatic N) is 1. The second-order valence-electron chi connectivity index (χ2n) is 4.32. The molecule has 1 fully saturated rings. The van der Waals surface area contributed by atoms with E-state index in [0.717, 1.165) is 42.1 Å². The SMILES string of the molecule is C=C.Cc1cc(C(=O)N2CCCCC2)ccc1Cl. The number of rotatable bonds is 1. The lowest BCUT2D eigenvalue weighted by Gasteiger charge is -2.26. The molecule has 3 heteroatoms. The second kappa shape index (κ2) is 7.22. The number of amides is 1. The van der Waals surface area contributed by atoms with E-state index in [4.69, 9.17) is 11.6 Å². The topological polar surface area (TPSA) is 20.3 Å². The molecule has 1 amide bonds. The third-order valence-corrected chi connectivity index (χ3v) is 3.47. The smallest absolute Gasteiger partial charge is 0.253 e. The normalized spacial score (nSPS) is 14.7. The zero-order valence-electron chi connectivity index (χ0n) is 10.9. The number of hydrogen-bond acceptors (Lipinski definition) is 1. The Morgan fingerprint density at radius 2 is 1.83 bits per heavy atom. The Hall–Kier alpha value is -1.28. The van der Waals surface area contributed by atoms with Crippen LogP contribution < -0.4 is 0 Å². The highest BCUT2D eigenvalue weighted by Crippen LogP contribution is 2.19. The zero-order chi connectivity index (χ0) is 13.5. The second-order valence-corrected chi connectivity index (χ2v) is 4.72. The predicted molar refractivity (Wildman–Crippen MR) is 77.2 cm³/mol. The molecule has 0 spiro atoms. The average Bonchev–Trinajstić information content (AvgIpc) is 2.44. The molecule has 0 aromatic heterocycles. The average molecular weight is 266 g/mol. The molecule has 1 aliphatic rings. The van der Waals surface area contributed by atoms with Gasteiger partial charge in [-0.05, 0) is 49.9 Å².